The second kappa shape index (κ2) is 6.62. The van der Waals surface area contributed by atoms with Gasteiger partial charge in [0.25, 0.3) is 0 Å². The molecule has 0 saturated heterocycles. The first-order valence-electron chi connectivity index (χ1n) is 6.64. The minimum Gasteiger partial charge on any atom is -0.369 e. The summed E-state index contributed by atoms with van der Waals surface area (Å²) >= 11 is 0. The average molecular weight is 240 g/mol. The largest absolute Gasteiger partial charge is 0.369 e. The summed E-state index contributed by atoms with van der Waals surface area (Å²) in [5.41, 5.74) is 10.8. The maximum atomic E-state index is 11.5. The van der Waals surface area contributed by atoms with Crippen molar-refractivity contribution in [1.29, 1.82) is 0 Å². The van der Waals surface area contributed by atoms with E-state index in [0.717, 1.165) is 25.7 Å². The Balaban J connectivity index is 2.67. The SMILES string of the molecule is CCCC(C(N)=O)C(CC1CCCC1)C(N)=O. The molecule has 1 fully saturated rings. The summed E-state index contributed by atoms with van der Waals surface area (Å²) in [4.78, 5) is 22.9. The van der Waals surface area contributed by atoms with E-state index >= 15 is 0 Å². The third kappa shape index (κ3) is 4.02. The van der Waals surface area contributed by atoms with E-state index in [-0.39, 0.29) is 23.7 Å². The molecule has 4 N–H and O–H groups in total. The second-order valence-corrected chi connectivity index (χ2v) is 5.19. The first-order chi connectivity index (χ1) is 8.06. The van der Waals surface area contributed by atoms with Gasteiger partial charge in [0.05, 0.1) is 0 Å². The van der Waals surface area contributed by atoms with Crippen LogP contribution in [0, 0.1) is 17.8 Å². The number of hydrogen-bond acceptors (Lipinski definition) is 2. The fourth-order valence-electron chi connectivity index (χ4n) is 2.94. The number of amides is 2. The smallest absolute Gasteiger partial charge is 0.221 e. The fraction of sp³-hybridized carbons (Fsp3) is 0.846. The third-order valence-corrected chi connectivity index (χ3v) is 3.88. The molecule has 0 aromatic rings. The van der Waals surface area contributed by atoms with Crippen molar-refractivity contribution in [3.63, 3.8) is 0 Å². The molecule has 1 aliphatic carbocycles. The van der Waals surface area contributed by atoms with Crippen LogP contribution in [0.1, 0.15) is 51.9 Å². The molecule has 98 valence electrons. The van der Waals surface area contributed by atoms with Crippen molar-refractivity contribution < 1.29 is 9.59 Å². The van der Waals surface area contributed by atoms with E-state index < -0.39 is 0 Å². The van der Waals surface area contributed by atoms with Gasteiger partial charge in [-0.2, -0.15) is 0 Å². The number of primary amides is 2. The van der Waals surface area contributed by atoms with Gasteiger partial charge in [-0.05, 0) is 18.8 Å². The number of carbonyl (C=O) groups is 2. The molecule has 17 heavy (non-hydrogen) atoms. The first kappa shape index (κ1) is 14.0. The highest BCUT2D eigenvalue weighted by Gasteiger charge is 2.33. The van der Waals surface area contributed by atoms with Gasteiger partial charge >= 0.3 is 0 Å². The molecule has 2 atom stereocenters. The van der Waals surface area contributed by atoms with Gasteiger partial charge in [-0.1, -0.05) is 39.0 Å². The van der Waals surface area contributed by atoms with Crippen LogP contribution in [0.3, 0.4) is 0 Å². The van der Waals surface area contributed by atoms with Gasteiger partial charge in [0, 0.05) is 11.8 Å². The highest BCUT2D eigenvalue weighted by Crippen LogP contribution is 2.33. The van der Waals surface area contributed by atoms with Crippen LogP contribution in [-0.2, 0) is 9.59 Å². The average Bonchev–Trinajstić information content (AvgIpc) is 2.75. The van der Waals surface area contributed by atoms with E-state index in [2.05, 4.69) is 0 Å². The van der Waals surface area contributed by atoms with E-state index in [1.165, 1.54) is 12.8 Å². The quantitative estimate of drug-likeness (QED) is 0.707. The van der Waals surface area contributed by atoms with Gasteiger partial charge in [0.15, 0.2) is 0 Å². The summed E-state index contributed by atoms with van der Waals surface area (Å²) in [6, 6.07) is 0. The molecular weight excluding hydrogens is 216 g/mol. The normalized spacial score (nSPS) is 20.1. The number of carbonyl (C=O) groups excluding carboxylic acids is 2. The molecule has 0 radical (unpaired) electrons. The van der Waals surface area contributed by atoms with Crippen LogP contribution in [0.5, 0.6) is 0 Å². The van der Waals surface area contributed by atoms with Crippen LogP contribution in [0.2, 0.25) is 0 Å². The summed E-state index contributed by atoms with van der Waals surface area (Å²) in [7, 11) is 0. The zero-order valence-corrected chi connectivity index (χ0v) is 10.7. The lowest BCUT2D eigenvalue weighted by Crippen LogP contribution is -2.38. The van der Waals surface area contributed by atoms with Crippen molar-refractivity contribution in [2.24, 2.45) is 29.2 Å². The maximum absolute atomic E-state index is 11.5. The molecule has 1 aliphatic rings. The van der Waals surface area contributed by atoms with E-state index in [1.807, 2.05) is 6.92 Å². The predicted octanol–water partition coefficient (Wildman–Crippen LogP) is 1.57. The van der Waals surface area contributed by atoms with Crippen LogP contribution in [0.25, 0.3) is 0 Å². The lowest BCUT2D eigenvalue weighted by molar-refractivity contribution is -0.132. The van der Waals surface area contributed by atoms with Gasteiger partial charge < -0.3 is 11.5 Å². The number of hydrogen-bond donors (Lipinski definition) is 2. The summed E-state index contributed by atoms with van der Waals surface area (Å²) in [6.45, 7) is 1.99. The Morgan fingerprint density at radius 2 is 1.65 bits per heavy atom. The minimum atomic E-state index is -0.381. The molecule has 0 aromatic heterocycles. The highest BCUT2D eigenvalue weighted by molar-refractivity contribution is 5.85. The maximum Gasteiger partial charge on any atom is 0.221 e. The first-order valence-corrected chi connectivity index (χ1v) is 6.64. The van der Waals surface area contributed by atoms with Crippen molar-refractivity contribution in [1.82, 2.24) is 0 Å². The van der Waals surface area contributed by atoms with Crippen molar-refractivity contribution in [2.45, 2.75) is 51.9 Å². The van der Waals surface area contributed by atoms with Crippen LogP contribution >= 0.6 is 0 Å². The van der Waals surface area contributed by atoms with Gasteiger partial charge in [-0.15, -0.1) is 0 Å². The topological polar surface area (TPSA) is 86.2 Å². The van der Waals surface area contributed by atoms with Crippen molar-refractivity contribution >= 4 is 11.8 Å². The number of rotatable bonds is 7. The van der Waals surface area contributed by atoms with Crippen LogP contribution < -0.4 is 11.5 Å². The molecule has 4 heteroatoms. The van der Waals surface area contributed by atoms with E-state index in [9.17, 15) is 9.59 Å². The summed E-state index contributed by atoms with van der Waals surface area (Å²) < 4.78 is 0. The zero-order chi connectivity index (χ0) is 12.8. The lowest BCUT2D eigenvalue weighted by Gasteiger charge is -2.24. The van der Waals surface area contributed by atoms with E-state index in [4.69, 9.17) is 11.5 Å². The van der Waals surface area contributed by atoms with Crippen molar-refractivity contribution in [3.05, 3.63) is 0 Å². The summed E-state index contributed by atoms with van der Waals surface area (Å²) in [5, 5.41) is 0. The van der Waals surface area contributed by atoms with E-state index in [0.29, 0.717) is 12.3 Å². The molecule has 0 aliphatic heterocycles. The highest BCUT2D eigenvalue weighted by atomic mass is 16.2. The van der Waals surface area contributed by atoms with Crippen molar-refractivity contribution in [3.8, 4) is 0 Å². The predicted molar refractivity (Wildman–Crippen MR) is 66.9 cm³/mol. The minimum absolute atomic E-state index is 0.365. The molecule has 1 rings (SSSR count). The standard InChI is InChI=1S/C13H24N2O2/c1-2-5-10(12(14)16)11(13(15)17)8-9-6-3-4-7-9/h9-11H,2-8H2,1H3,(H2,14,16)(H2,15,17). The molecule has 0 spiro atoms. The Hall–Kier alpha value is -1.06. The Labute approximate surface area is 103 Å². The van der Waals surface area contributed by atoms with Crippen LogP contribution in [0.15, 0.2) is 0 Å². The molecular formula is C13H24N2O2. The Morgan fingerprint density at radius 1 is 1.12 bits per heavy atom. The van der Waals surface area contributed by atoms with Gasteiger partial charge in [-0.25, -0.2) is 0 Å². The molecule has 2 amide bonds. The fourth-order valence-corrected chi connectivity index (χ4v) is 2.94. The summed E-state index contributed by atoms with van der Waals surface area (Å²) in [5.74, 6) is -0.942. The second-order valence-electron chi connectivity index (χ2n) is 5.19. The van der Waals surface area contributed by atoms with Crippen molar-refractivity contribution in [2.75, 3.05) is 0 Å². The zero-order valence-electron chi connectivity index (χ0n) is 10.7. The third-order valence-electron chi connectivity index (χ3n) is 3.88. The Kier molecular flexibility index (Phi) is 5.45. The Bertz CT molecular complexity index is 273. The number of nitrogens with two attached hydrogens (primary N) is 2. The van der Waals surface area contributed by atoms with Gasteiger partial charge in [0.1, 0.15) is 0 Å². The van der Waals surface area contributed by atoms with Crippen LogP contribution in [-0.4, -0.2) is 11.8 Å². The van der Waals surface area contributed by atoms with Crippen LogP contribution in [0.4, 0.5) is 0 Å². The molecule has 4 nitrogen and oxygen atoms in total. The molecule has 2 unspecified atom stereocenters. The van der Waals surface area contributed by atoms with Gasteiger partial charge in [0.2, 0.25) is 11.8 Å². The molecule has 1 saturated carbocycles. The molecule has 0 aromatic carbocycles. The lowest BCUT2D eigenvalue weighted by atomic mass is 9.80. The molecule has 0 heterocycles. The van der Waals surface area contributed by atoms with E-state index in [1.54, 1.807) is 0 Å². The van der Waals surface area contributed by atoms with Gasteiger partial charge in [-0.3, -0.25) is 9.59 Å². The Morgan fingerprint density at radius 3 is 2.06 bits per heavy atom. The molecule has 0 bridgehead atoms. The monoisotopic (exact) mass is 240 g/mol. The summed E-state index contributed by atoms with van der Waals surface area (Å²) in [6.07, 6.45) is 7.01.